The van der Waals surface area contributed by atoms with Crippen LogP contribution in [0, 0.1) is 0 Å². The van der Waals surface area contributed by atoms with Gasteiger partial charge in [0.25, 0.3) is 5.91 Å². The van der Waals surface area contributed by atoms with Crippen molar-refractivity contribution >= 4 is 23.7 Å². The average molecular weight is 473 g/mol. The van der Waals surface area contributed by atoms with Gasteiger partial charge in [0, 0.05) is 52.0 Å². The van der Waals surface area contributed by atoms with Gasteiger partial charge in [-0.2, -0.15) is 0 Å². The first-order chi connectivity index (χ1) is 16.9. The number of hydrogen-bond acceptors (Lipinski definition) is 4. The summed E-state index contributed by atoms with van der Waals surface area (Å²) in [4.78, 5) is 35.2. The van der Waals surface area contributed by atoms with E-state index >= 15 is 0 Å². The molecule has 0 radical (unpaired) electrons. The second-order valence-corrected chi connectivity index (χ2v) is 10.3. The predicted molar refractivity (Wildman–Crippen MR) is 140 cm³/mol. The van der Waals surface area contributed by atoms with Gasteiger partial charge in [0.05, 0.1) is 0 Å². The van der Waals surface area contributed by atoms with Gasteiger partial charge in [-0.25, -0.2) is 4.79 Å². The number of imide groups is 1. The van der Waals surface area contributed by atoms with Crippen molar-refractivity contribution in [2.24, 2.45) is 0 Å². The van der Waals surface area contributed by atoms with Crippen LogP contribution < -0.4 is 4.90 Å². The second kappa shape index (κ2) is 9.50. The van der Waals surface area contributed by atoms with Crippen molar-refractivity contribution in [1.82, 2.24) is 14.7 Å². The molecule has 0 atom stereocenters. The molecule has 35 heavy (non-hydrogen) atoms. The first kappa shape index (κ1) is 23.6. The maximum atomic E-state index is 13.8. The number of carbonyl (C=O) groups excluding carboxylic acids is 2. The highest BCUT2D eigenvalue weighted by atomic mass is 16.2. The topological polar surface area (TPSA) is 47.1 Å². The Balaban J connectivity index is 1.22. The van der Waals surface area contributed by atoms with Gasteiger partial charge in [0.1, 0.15) is 5.54 Å². The number of likely N-dealkylation sites (tertiary alicyclic amines) is 1. The summed E-state index contributed by atoms with van der Waals surface area (Å²) in [6.45, 7) is 5.05. The van der Waals surface area contributed by atoms with Gasteiger partial charge in [0.15, 0.2) is 0 Å². The Morgan fingerprint density at radius 1 is 0.971 bits per heavy atom. The monoisotopic (exact) mass is 472 g/mol. The van der Waals surface area contributed by atoms with Crippen molar-refractivity contribution in [3.05, 3.63) is 71.3 Å². The van der Waals surface area contributed by atoms with E-state index < -0.39 is 5.54 Å². The molecule has 2 fully saturated rings. The standard InChI is InChI=1S/C29H36N4O2/c1-4-32-28(35)33(26-20-23-9-5-6-10-24(23)21-26)27(34)29(32)15-18-31(19-16-29)17-7-8-22-11-13-25(14-12-22)30(2)3/h5-14,26H,4,15-21H2,1-3H3/b8-7+. The molecule has 1 aliphatic carbocycles. The summed E-state index contributed by atoms with van der Waals surface area (Å²) in [5.41, 5.74) is 4.23. The minimum atomic E-state index is -0.678. The molecular formula is C29H36N4O2. The zero-order valence-electron chi connectivity index (χ0n) is 21.1. The Morgan fingerprint density at radius 3 is 2.17 bits per heavy atom. The van der Waals surface area contributed by atoms with Gasteiger partial charge in [-0.15, -0.1) is 0 Å². The first-order valence-electron chi connectivity index (χ1n) is 12.8. The van der Waals surface area contributed by atoms with E-state index in [-0.39, 0.29) is 18.0 Å². The van der Waals surface area contributed by atoms with Crippen molar-refractivity contribution in [3.63, 3.8) is 0 Å². The van der Waals surface area contributed by atoms with E-state index in [0.717, 1.165) is 32.5 Å². The third-order valence-electron chi connectivity index (χ3n) is 8.05. The van der Waals surface area contributed by atoms with Gasteiger partial charge in [-0.05, 0) is 61.4 Å². The van der Waals surface area contributed by atoms with E-state index in [0.29, 0.717) is 19.4 Å². The Morgan fingerprint density at radius 2 is 1.60 bits per heavy atom. The number of likely N-dealkylation sites (N-methyl/N-ethyl adjacent to an activating group) is 1. The summed E-state index contributed by atoms with van der Waals surface area (Å²) in [5.74, 6) is 0.0262. The smallest absolute Gasteiger partial charge is 0.327 e. The average Bonchev–Trinajstić information content (AvgIpc) is 3.37. The highest BCUT2D eigenvalue weighted by Gasteiger charge is 2.59. The number of piperidine rings is 1. The molecule has 0 saturated carbocycles. The summed E-state index contributed by atoms with van der Waals surface area (Å²) in [5, 5.41) is 0. The number of rotatable bonds is 6. The fourth-order valence-corrected chi connectivity index (χ4v) is 6.03. The Bertz CT molecular complexity index is 1090. The van der Waals surface area contributed by atoms with E-state index in [1.54, 1.807) is 4.90 Å². The van der Waals surface area contributed by atoms with E-state index in [4.69, 9.17) is 0 Å². The molecule has 5 rings (SSSR count). The maximum absolute atomic E-state index is 13.8. The SMILES string of the molecule is CCN1C(=O)N(C2Cc3ccccc3C2)C(=O)C12CCN(C/C=C/c1ccc(N(C)C)cc1)CC2. The van der Waals surface area contributed by atoms with Crippen LogP contribution >= 0.6 is 0 Å². The molecule has 1 spiro atoms. The molecule has 3 aliphatic rings. The first-order valence-corrected chi connectivity index (χ1v) is 12.8. The third-order valence-corrected chi connectivity index (χ3v) is 8.05. The second-order valence-electron chi connectivity index (χ2n) is 10.3. The van der Waals surface area contributed by atoms with Crippen LogP contribution in [0.4, 0.5) is 10.5 Å². The quantitative estimate of drug-likeness (QED) is 0.595. The van der Waals surface area contributed by atoms with Crippen LogP contribution in [0.25, 0.3) is 6.08 Å². The molecule has 2 aliphatic heterocycles. The molecule has 3 amide bonds. The molecule has 6 nitrogen and oxygen atoms in total. The molecule has 184 valence electrons. The summed E-state index contributed by atoms with van der Waals surface area (Å²) in [7, 11) is 4.09. The van der Waals surface area contributed by atoms with Crippen molar-refractivity contribution < 1.29 is 9.59 Å². The fraction of sp³-hybridized carbons (Fsp3) is 0.448. The number of hydrogen-bond donors (Lipinski definition) is 0. The maximum Gasteiger partial charge on any atom is 0.327 e. The van der Waals surface area contributed by atoms with Crippen molar-refractivity contribution in [3.8, 4) is 0 Å². The number of urea groups is 1. The van der Waals surface area contributed by atoms with Crippen molar-refractivity contribution in [2.45, 2.75) is 44.2 Å². The van der Waals surface area contributed by atoms with Gasteiger partial charge in [0.2, 0.25) is 0 Å². The number of carbonyl (C=O) groups is 2. The predicted octanol–water partition coefficient (Wildman–Crippen LogP) is 4.05. The lowest BCUT2D eigenvalue weighted by atomic mass is 9.85. The lowest BCUT2D eigenvalue weighted by molar-refractivity contribution is -0.136. The largest absolute Gasteiger partial charge is 0.378 e. The Hall–Kier alpha value is -3.12. The molecule has 2 aromatic rings. The number of benzene rings is 2. The minimum Gasteiger partial charge on any atom is -0.378 e. The lowest BCUT2D eigenvalue weighted by Gasteiger charge is -2.41. The van der Waals surface area contributed by atoms with Crippen LogP contribution in [0.3, 0.4) is 0 Å². The molecule has 0 N–H and O–H groups in total. The van der Waals surface area contributed by atoms with Gasteiger partial charge < -0.3 is 9.80 Å². The van der Waals surface area contributed by atoms with E-state index in [1.807, 2.05) is 38.1 Å². The molecule has 0 aromatic heterocycles. The zero-order chi connectivity index (χ0) is 24.6. The van der Waals surface area contributed by atoms with Crippen LogP contribution in [0.5, 0.6) is 0 Å². The normalized spacial score (nSPS) is 20.4. The van der Waals surface area contributed by atoms with Crippen LogP contribution in [-0.4, -0.2) is 78.5 Å². The summed E-state index contributed by atoms with van der Waals surface area (Å²) in [6, 6.07) is 16.7. The Kier molecular flexibility index (Phi) is 6.41. The van der Waals surface area contributed by atoms with E-state index in [9.17, 15) is 9.59 Å². The van der Waals surface area contributed by atoms with Crippen LogP contribution in [0.15, 0.2) is 54.6 Å². The molecule has 2 aromatic carbocycles. The molecule has 2 heterocycles. The molecule has 0 unspecified atom stereocenters. The van der Waals surface area contributed by atoms with Crippen LogP contribution in [0.2, 0.25) is 0 Å². The summed E-state index contributed by atoms with van der Waals surface area (Å²) < 4.78 is 0. The summed E-state index contributed by atoms with van der Waals surface area (Å²) in [6.07, 6.45) is 7.30. The van der Waals surface area contributed by atoms with E-state index in [2.05, 4.69) is 58.4 Å². The highest BCUT2D eigenvalue weighted by Crippen LogP contribution is 2.40. The summed E-state index contributed by atoms with van der Waals surface area (Å²) >= 11 is 0. The number of anilines is 1. The number of nitrogens with zero attached hydrogens (tertiary/aromatic N) is 4. The number of fused-ring (bicyclic) bond motifs is 1. The third kappa shape index (κ3) is 4.25. The molecule has 2 saturated heterocycles. The van der Waals surface area contributed by atoms with Crippen LogP contribution in [0.1, 0.15) is 36.5 Å². The van der Waals surface area contributed by atoms with Gasteiger partial charge in [-0.3, -0.25) is 14.6 Å². The van der Waals surface area contributed by atoms with Crippen molar-refractivity contribution in [2.75, 3.05) is 45.2 Å². The molecule has 6 heteroatoms. The molecular weight excluding hydrogens is 436 g/mol. The van der Waals surface area contributed by atoms with Gasteiger partial charge in [-0.1, -0.05) is 48.6 Å². The van der Waals surface area contributed by atoms with Crippen molar-refractivity contribution in [1.29, 1.82) is 0 Å². The fourth-order valence-electron chi connectivity index (χ4n) is 6.03. The lowest BCUT2D eigenvalue weighted by Crippen LogP contribution is -2.56. The Labute approximate surface area is 208 Å². The number of amides is 3. The van der Waals surface area contributed by atoms with Crippen LogP contribution in [-0.2, 0) is 17.6 Å². The highest BCUT2D eigenvalue weighted by molar-refractivity contribution is 6.07. The molecule has 0 bridgehead atoms. The zero-order valence-corrected chi connectivity index (χ0v) is 21.1. The van der Waals surface area contributed by atoms with Gasteiger partial charge >= 0.3 is 6.03 Å². The van der Waals surface area contributed by atoms with E-state index in [1.165, 1.54) is 22.4 Å². The minimum absolute atomic E-state index is 0.0262.